The third kappa shape index (κ3) is 6.67. The van der Waals surface area contributed by atoms with E-state index in [-0.39, 0.29) is 23.8 Å². The van der Waals surface area contributed by atoms with Crippen LogP contribution >= 0.6 is 11.3 Å². The monoisotopic (exact) mass is 497 g/mol. The van der Waals surface area contributed by atoms with Crippen LogP contribution in [0, 0.1) is 5.82 Å². The van der Waals surface area contributed by atoms with Crippen LogP contribution in [0.3, 0.4) is 0 Å². The van der Waals surface area contributed by atoms with Crippen LogP contribution in [0.15, 0.2) is 42.3 Å². The highest BCUT2D eigenvalue weighted by molar-refractivity contribution is 7.17. The van der Waals surface area contributed by atoms with Gasteiger partial charge >= 0.3 is 0 Å². The molecule has 0 aliphatic heterocycles. The van der Waals surface area contributed by atoms with E-state index in [0.717, 1.165) is 48.3 Å². The minimum Gasteiger partial charge on any atom is -0.381 e. The summed E-state index contributed by atoms with van der Waals surface area (Å²) in [5.74, 6) is 0.734. The lowest BCUT2D eigenvalue weighted by molar-refractivity contribution is -0.117. The zero-order valence-electron chi connectivity index (χ0n) is 20.1. The second kappa shape index (κ2) is 11.5. The predicted octanol–water partition coefficient (Wildman–Crippen LogP) is 4.57. The van der Waals surface area contributed by atoms with Gasteiger partial charge in [-0.15, -0.1) is 11.3 Å². The normalized spacial score (nSPS) is 17.8. The Hall–Kier alpha value is -3.24. The molecule has 1 aliphatic rings. The fraction of sp³-hybridized carbons (Fsp3) is 0.400. The van der Waals surface area contributed by atoms with Crippen molar-refractivity contribution in [3.05, 3.63) is 48.1 Å². The van der Waals surface area contributed by atoms with Gasteiger partial charge in [0.2, 0.25) is 11.9 Å². The maximum Gasteiger partial charge on any atom is 0.243 e. The first-order valence-electron chi connectivity index (χ1n) is 11.8. The van der Waals surface area contributed by atoms with Crippen molar-refractivity contribution < 1.29 is 9.18 Å². The molecule has 4 rings (SSSR count). The minimum atomic E-state index is -0.330. The van der Waals surface area contributed by atoms with Crippen molar-refractivity contribution in [2.75, 3.05) is 43.1 Å². The molecule has 4 N–H and O–H groups in total. The number of amides is 1. The van der Waals surface area contributed by atoms with Crippen molar-refractivity contribution in [3.8, 4) is 0 Å². The van der Waals surface area contributed by atoms with Gasteiger partial charge in [-0.25, -0.2) is 9.37 Å². The third-order valence-electron chi connectivity index (χ3n) is 6.00. The number of carbonyl (C=O) groups is 1. The molecule has 2 heterocycles. The molecule has 1 fully saturated rings. The summed E-state index contributed by atoms with van der Waals surface area (Å²) in [6.45, 7) is 4.99. The average Bonchev–Trinajstić information content (AvgIpc) is 3.30. The third-order valence-corrected chi connectivity index (χ3v) is 6.91. The molecule has 0 radical (unpaired) electrons. The number of aromatic nitrogens is 2. The smallest absolute Gasteiger partial charge is 0.243 e. The highest BCUT2D eigenvalue weighted by Crippen LogP contribution is 2.31. The van der Waals surface area contributed by atoms with E-state index >= 15 is 0 Å². The number of likely N-dealkylation sites (N-methyl/N-ethyl adjacent to an activating group) is 1. The minimum absolute atomic E-state index is 0.123. The Bertz CT molecular complexity index is 1170. The molecular weight excluding hydrogens is 465 g/mol. The number of thiophene rings is 1. The van der Waals surface area contributed by atoms with Crippen molar-refractivity contribution in [1.29, 1.82) is 0 Å². The van der Waals surface area contributed by atoms with Gasteiger partial charge in [0.15, 0.2) is 0 Å². The zero-order chi connectivity index (χ0) is 24.8. The lowest BCUT2D eigenvalue weighted by Crippen LogP contribution is -2.39. The number of fused-ring (bicyclic) bond motifs is 1. The van der Waals surface area contributed by atoms with Gasteiger partial charge in [0.05, 0.1) is 15.9 Å². The van der Waals surface area contributed by atoms with Gasteiger partial charge < -0.3 is 26.2 Å². The van der Waals surface area contributed by atoms with Gasteiger partial charge in [0.25, 0.3) is 0 Å². The maximum atomic E-state index is 14.6. The van der Waals surface area contributed by atoms with Gasteiger partial charge in [0.1, 0.15) is 11.6 Å². The molecule has 0 unspecified atom stereocenters. The van der Waals surface area contributed by atoms with E-state index in [9.17, 15) is 9.18 Å². The molecular formula is C25H32FN7OS. The summed E-state index contributed by atoms with van der Waals surface area (Å²) in [6, 6.07) is 7.37. The first-order valence-corrected chi connectivity index (χ1v) is 12.7. The number of nitrogens with zero attached hydrogens (tertiary/aromatic N) is 3. The van der Waals surface area contributed by atoms with Crippen LogP contribution < -0.4 is 21.3 Å². The van der Waals surface area contributed by atoms with E-state index in [4.69, 9.17) is 4.98 Å². The fourth-order valence-electron chi connectivity index (χ4n) is 4.13. The largest absolute Gasteiger partial charge is 0.381 e. The number of nitrogens with one attached hydrogen (secondary N) is 4. The molecule has 3 aromatic rings. The molecule has 186 valence electrons. The van der Waals surface area contributed by atoms with E-state index in [1.165, 1.54) is 12.1 Å². The average molecular weight is 498 g/mol. The molecule has 1 aliphatic carbocycles. The summed E-state index contributed by atoms with van der Waals surface area (Å²) in [4.78, 5) is 22.9. The predicted molar refractivity (Wildman–Crippen MR) is 142 cm³/mol. The summed E-state index contributed by atoms with van der Waals surface area (Å²) in [5, 5.41) is 14.8. The van der Waals surface area contributed by atoms with Crippen molar-refractivity contribution in [3.63, 3.8) is 0 Å². The van der Waals surface area contributed by atoms with Crippen LogP contribution in [-0.2, 0) is 4.79 Å². The first kappa shape index (κ1) is 24.9. The zero-order valence-corrected chi connectivity index (χ0v) is 20.9. The summed E-state index contributed by atoms with van der Waals surface area (Å²) in [7, 11) is 3.96. The highest BCUT2D eigenvalue weighted by Gasteiger charge is 2.23. The lowest BCUT2D eigenvalue weighted by Gasteiger charge is -2.29. The summed E-state index contributed by atoms with van der Waals surface area (Å²) in [6.07, 6.45) is 4.96. The van der Waals surface area contributed by atoms with Crippen LogP contribution in [0.2, 0.25) is 0 Å². The maximum absolute atomic E-state index is 14.6. The molecule has 2 aromatic heterocycles. The van der Waals surface area contributed by atoms with E-state index in [2.05, 4.69) is 32.8 Å². The SMILES string of the molecule is C=CC(=O)NC1CCC(Nc2nc(Nc3ccc(NCCN(C)C)c(F)c3)nc3ccsc23)CC1. The molecule has 8 nitrogen and oxygen atoms in total. The summed E-state index contributed by atoms with van der Waals surface area (Å²) >= 11 is 1.59. The molecule has 1 amide bonds. The topological polar surface area (TPSA) is 94.2 Å². The Morgan fingerprint density at radius 1 is 1.20 bits per heavy atom. The Morgan fingerprint density at radius 3 is 2.69 bits per heavy atom. The van der Waals surface area contributed by atoms with Gasteiger partial charge in [-0.05, 0) is 75.5 Å². The van der Waals surface area contributed by atoms with Crippen molar-refractivity contribution in [2.45, 2.75) is 37.8 Å². The number of benzene rings is 1. The molecule has 10 heteroatoms. The Morgan fingerprint density at radius 2 is 1.97 bits per heavy atom. The number of rotatable bonds is 10. The van der Waals surface area contributed by atoms with Gasteiger partial charge in [-0.2, -0.15) is 4.98 Å². The number of carbonyl (C=O) groups excluding carboxylic acids is 1. The second-order valence-corrected chi connectivity index (χ2v) is 9.90. The number of hydrogen-bond donors (Lipinski definition) is 4. The molecule has 0 saturated heterocycles. The van der Waals surface area contributed by atoms with E-state index in [1.54, 1.807) is 17.4 Å². The molecule has 0 atom stereocenters. The standard InChI is InChI=1S/C25H32FN7OS/c1-4-22(34)28-16-5-7-17(8-6-16)29-24-23-21(11-14-35-23)31-25(32-24)30-18-9-10-20(19(26)15-18)27-12-13-33(2)3/h4,9-11,14-17,27H,1,5-8,12-13H2,2-3H3,(H,28,34)(H2,29,30,31,32). The van der Waals surface area contributed by atoms with Gasteiger partial charge in [0, 0.05) is 30.9 Å². The Balaban J connectivity index is 1.43. The van der Waals surface area contributed by atoms with Gasteiger partial charge in [-0.1, -0.05) is 6.58 Å². The number of hydrogen-bond acceptors (Lipinski definition) is 8. The molecule has 0 bridgehead atoms. The summed E-state index contributed by atoms with van der Waals surface area (Å²) in [5.41, 5.74) is 1.89. The molecule has 1 saturated carbocycles. The molecule has 35 heavy (non-hydrogen) atoms. The Labute approximate surface area is 209 Å². The first-order chi connectivity index (χ1) is 16.9. The van der Waals surface area contributed by atoms with Crippen LogP contribution in [0.4, 0.5) is 27.5 Å². The van der Waals surface area contributed by atoms with E-state index in [1.807, 2.05) is 36.5 Å². The summed E-state index contributed by atoms with van der Waals surface area (Å²) < 4.78 is 15.6. The quantitative estimate of drug-likeness (QED) is 0.305. The fourth-order valence-corrected chi connectivity index (χ4v) is 4.92. The van der Waals surface area contributed by atoms with E-state index < -0.39 is 0 Å². The lowest BCUT2D eigenvalue weighted by atomic mass is 9.91. The highest BCUT2D eigenvalue weighted by atomic mass is 32.1. The number of halogens is 1. The van der Waals surface area contributed by atoms with Gasteiger partial charge in [-0.3, -0.25) is 4.79 Å². The number of anilines is 4. The van der Waals surface area contributed by atoms with Crippen molar-refractivity contribution in [1.82, 2.24) is 20.2 Å². The van der Waals surface area contributed by atoms with Crippen LogP contribution in [-0.4, -0.2) is 60.0 Å². The van der Waals surface area contributed by atoms with Crippen LogP contribution in [0.5, 0.6) is 0 Å². The molecule has 1 aromatic carbocycles. The Kier molecular flexibility index (Phi) is 8.14. The molecule has 0 spiro atoms. The van der Waals surface area contributed by atoms with Crippen molar-refractivity contribution in [2.24, 2.45) is 0 Å². The van der Waals surface area contributed by atoms with Crippen LogP contribution in [0.25, 0.3) is 10.2 Å². The second-order valence-electron chi connectivity index (χ2n) is 8.99. The van der Waals surface area contributed by atoms with Crippen LogP contribution in [0.1, 0.15) is 25.7 Å². The van der Waals surface area contributed by atoms with E-state index in [0.29, 0.717) is 23.9 Å². The van der Waals surface area contributed by atoms with Crippen molar-refractivity contribution >= 4 is 50.6 Å².